The van der Waals surface area contributed by atoms with E-state index in [1.54, 1.807) is 20.8 Å². The van der Waals surface area contributed by atoms with Crippen LogP contribution in [0.4, 0.5) is 0 Å². The minimum atomic E-state index is -3.37. The average Bonchev–Trinajstić information content (AvgIpc) is 1.81. The van der Waals surface area contributed by atoms with Crippen molar-refractivity contribution in [1.29, 1.82) is 0 Å². The third kappa shape index (κ3) is 8.17. The molecule has 0 heterocycles. The van der Waals surface area contributed by atoms with Crippen molar-refractivity contribution in [3.63, 3.8) is 0 Å². The Labute approximate surface area is 80.3 Å². The number of hydrogen-bond acceptors (Lipinski definition) is 3. The van der Waals surface area contributed by atoms with Crippen molar-refractivity contribution in [3.8, 4) is 0 Å². The van der Waals surface area contributed by atoms with E-state index >= 15 is 0 Å². The van der Waals surface area contributed by atoms with Crippen molar-refractivity contribution >= 4 is 10.2 Å². The Morgan fingerprint density at radius 2 is 1.85 bits per heavy atom. The molecule has 5 nitrogen and oxygen atoms in total. The smallest absolute Gasteiger partial charge is 0.277 e. The molecule has 0 aromatic carbocycles. The Kier molecular flexibility index (Phi) is 4.83. The topological polar surface area (TPSA) is 84.2 Å². The van der Waals surface area contributed by atoms with Crippen LogP contribution in [0, 0.1) is 0 Å². The van der Waals surface area contributed by atoms with E-state index in [2.05, 4.69) is 9.44 Å². The molecule has 0 spiro atoms. The Balaban J connectivity index is 3.96. The molecule has 13 heavy (non-hydrogen) atoms. The van der Waals surface area contributed by atoms with Crippen molar-refractivity contribution in [3.05, 3.63) is 0 Å². The lowest BCUT2D eigenvalue weighted by Crippen LogP contribution is -2.47. The summed E-state index contributed by atoms with van der Waals surface area (Å²) in [6.07, 6.45) is 0.644. The molecule has 4 N–H and O–H groups in total. The van der Waals surface area contributed by atoms with E-state index in [-0.39, 0.29) is 0 Å². The minimum absolute atomic E-state index is 0.377. The Hall–Kier alpha value is -0.170. The lowest BCUT2D eigenvalue weighted by atomic mass is 10.1. The highest BCUT2D eigenvalue weighted by atomic mass is 32.2. The molecule has 0 saturated carbocycles. The van der Waals surface area contributed by atoms with Gasteiger partial charge in [0.2, 0.25) is 0 Å². The van der Waals surface area contributed by atoms with E-state index < -0.39 is 15.7 Å². The van der Waals surface area contributed by atoms with Gasteiger partial charge in [-0.2, -0.15) is 13.1 Å². The first-order valence-electron chi connectivity index (χ1n) is 4.25. The van der Waals surface area contributed by atoms with Gasteiger partial charge in [0.1, 0.15) is 0 Å². The van der Waals surface area contributed by atoms with Crippen molar-refractivity contribution in [2.75, 3.05) is 13.1 Å². The van der Waals surface area contributed by atoms with Crippen LogP contribution in [0.2, 0.25) is 0 Å². The fraction of sp³-hybridized carbons (Fsp3) is 1.00. The van der Waals surface area contributed by atoms with Gasteiger partial charge in [-0.3, -0.25) is 0 Å². The molecule has 6 heteroatoms. The maximum Gasteiger partial charge on any atom is 0.277 e. The van der Waals surface area contributed by atoms with Crippen LogP contribution in [0.1, 0.15) is 27.2 Å². The van der Waals surface area contributed by atoms with Gasteiger partial charge in [0.25, 0.3) is 10.2 Å². The van der Waals surface area contributed by atoms with Crippen molar-refractivity contribution < 1.29 is 8.42 Å². The largest absolute Gasteiger partial charge is 0.330 e. The third-order valence-corrected chi connectivity index (χ3v) is 2.58. The third-order valence-electron chi connectivity index (χ3n) is 1.11. The van der Waals surface area contributed by atoms with Gasteiger partial charge in [-0.15, -0.1) is 0 Å². The lowest BCUT2D eigenvalue weighted by Gasteiger charge is -2.20. The molecule has 0 rings (SSSR count). The normalized spacial score (nSPS) is 13.2. The molecule has 0 radical (unpaired) electrons. The van der Waals surface area contributed by atoms with E-state index in [1.807, 2.05) is 0 Å². The van der Waals surface area contributed by atoms with Crippen LogP contribution in [0.25, 0.3) is 0 Å². The Morgan fingerprint density at radius 1 is 1.31 bits per heavy atom. The van der Waals surface area contributed by atoms with Crippen LogP contribution >= 0.6 is 0 Å². The fourth-order valence-electron chi connectivity index (χ4n) is 0.748. The average molecular weight is 209 g/mol. The Morgan fingerprint density at radius 3 is 2.23 bits per heavy atom. The first-order valence-corrected chi connectivity index (χ1v) is 5.74. The van der Waals surface area contributed by atoms with E-state index in [0.29, 0.717) is 19.5 Å². The summed E-state index contributed by atoms with van der Waals surface area (Å²) in [4.78, 5) is 0. The van der Waals surface area contributed by atoms with E-state index in [9.17, 15) is 8.42 Å². The molecule has 0 fully saturated rings. The van der Waals surface area contributed by atoms with Gasteiger partial charge in [-0.1, -0.05) is 0 Å². The molecule has 0 saturated heterocycles. The number of hydrogen-bond donors (Lipinski definition) is 3. The molecular formula is C7H19N3O2S. The van der Waals surface area contributed by atoms with Crippen molar-refractivity contribution in [1.82, 2.24) is 9.44 Å². The summed E-state index contributed by atoms with van der Waals surface area (Å²) in [6, 6.07) is 0. The standard InChI is InChI=1S/C7H19N3O2S/c1-7(2,3)10-13(11,12)9-6-4-5-8/h9-10H,4-6,8H2,1-3H3. The second kappa shape index (κ2) is 4.90. The van der Waals surface area contributed by atoms with Gasteiger partial charge >= 0.3 is 0 Å². The van der Waals surface area contributed by atoms with Gasteiger partial charge in [0, 0.05) is 12.1 Å². The fourth-order valence-corrected chi connectivity index (χ4v) is 2.04. The SMILES string of the molecule is CC(C)(C)NS(=O)(=O)NCCCN. The van der Waals surface area contributed by atoms with Gasteiger partial charge in [0.05, 0.1) is 0 Å². The van der Waals surface area contributed by atoms with Gasteiger partial charge in [-0.25, -0.2) is 4.72 Å². The summed E-state index contributed by atoms with van der Waals surface area (Å²) in [7, 11) is -3.37. The van der Waals surface area contributed by atoms with Gasteiger partial charge < -0.3 is 5.73 Å². The molecule has 0 aliphatic rings. The maximum absolute atomic E-state index is 11.3. The summed E-state index contributed by atoms with van der Waals surface area (Å²) >= 11 is 0. The molecule has 0 amide bonds. The molecule has 0 aromatic rings. The predicted octanol–water partition coefficient (Wildman–Crippen LogP) is -0.442. The molecule has 0 bridgehead atoms. The predicted molar refractivity (Wildman–Crippen MR) is 53.5 cm³/mol. The molecule has 0 aromatic heterocycles. The lowest BCUT2D eigenvalue weighted by molar-refractivity contribution is 0.483. The zero-order valence-electron chi connectivity index (χ0n) is 8.42. The molecule has 80 valence electrons. The summed E-state index contributed by atoms with van der Waals surface area (Å²) in [6.45, 7) is 6.22. The monoisotopic (exact) mass is 209 g/mol. The Bertz CT molecular complexity index is 231. The van der Waals surface area contributed by atoms with E-state index in [0.717, 1.165) is 0 Å². The first-order chi connectivity index (χ1) is 5.77. The summed E-state index contributed by atoms with van der Waals surface area (Å²) < 4.78 is 27.4. The molecule has 0 aliphatic carbocycles. The highest BCUT2D eigenvalue weighted by molar-refractivity contribution is 7.87. The van der Waals surface area contributed by atoms with Crippen LogP contribution in [0.15, 0.2) is 0 Å². The molecular weight excluding hydrogens is 190 g/mol. The van der Waals surface area contributed by atoms with E-state index in [4.69, 9.17) is 5.73 Å². The first kappa shape index (κ1) is 12.8. The summed E-state index contributed by atoms with van der Waals surface area (Å²) in [5.41, 5.74) is 4.78. The summed E-state index contributed by atoms with van der Waals surface area (Å²) in [5.74, 6) is 0. The van der Waals surface area contributed by atoms with Crippen LogP contribution in [-0.4, -0.2) is 27.0 Å². The van der Waals surface area contributed by atoms with Crippen LogP contribution in [0.3, 0.4) is 0 Å². The maximum atomic E-state index is 11.3. The van der Waals surface area contributed by atoms with Crippen LogP contribution < -0.4 is 15.2 Å². The zero-order chi connectivity index (χ0) is 10.5. The quantitative estimate of drug-likeness (QED) is 0.537. The molecule has 0 aliphatic heterocycles. The van der Waals surface area contributed by atoms with Gasteiger partial charge in [-0.05, 0) is 33.7 Å². The van der Waals surface area contributed by atoms with Crippen LogP contribution in [-0.2, 0) is 10.2 Å². The van der Waals surface area contributed by atoms with Crippen molar-refractivity contribution in [2.45, 2.75) is 32.7 Å². The van der Waals surface area contributed by atoms with E-state index in [1.165, 1.54) is 0 Å². The van der Waals surface area contributed by atoms with Gasteiger partial charge in [0.15, 0.2) is 0 Å². The van der Waals surface area contributed by atoms with Crippen LogP contribution in [0.5, 0.6) is 0 Å². The number of nitrogens with two attached hydrogens (primary N) is 1. The minimum Gasteiger partial charge on any atom is -0.330 e. The molecule has 0 atom stereocenters. The molecule has 0 unspecified atom stereocenters. The highest BCUT2D eigenvalue weighted by Crippen LogP contribution is 1.99. The number of nitrogens with one attached hydrogen (secondary N) is 2. The summed E-state index contributed by atoms with van der Waals surface area (Å²) in [5, 5.41) is 0. The second-order valence-electron chi connectivity index (χ2n) is 3.89. The number of rotatable bonds is 5. The highest BCUT2D eigenvalue weighted by Gasteiger charge is 2.18. The second-order valence-corrected chi connectivity index (χ2v) is 5.39. The van der Waals surface area contributed by atoms with Crippen molar-refractivity contribution in [2.24, 2.45) is 5.73 Å². The zero-order valence-corrected chi connectivity index (χ0v) is 9.24.